The van der Waals surface area contributed by atoms with Crippen LogP contribution in [0.1, 0.15) is 25.5 Å². The smallest absolute Gasteiger partial charge is 0.183 e. The van der Waals surface area contributed by atoms with Gasteiger partial charge in [0.15, 0.2) is 16.1 Å². The number of aryl methyl sites for hydroxylation is 1. The van der Waals surface area contributed by atoms with Crippen LogP contribution in [0.3, 0.4) is 0 Å². The number of thiazole rings is 1. The van der Waals surface area contributed by atoms with E-state index in [0.29, 0.717) is 33.3 Å². The molecular formula is C23H27ClN4O3S2. The maximum atomic E-state index is 13.1. The number of hydrogen-bond acceptors (Lipinski definition) is 7. The molecule has 1 aliphatic heterocycles. The second-order valence-corrected chi connectivity index (χ2v) is 10.5. The molecule has 0 amide bonds. The van der Waals surface area contributed by atoms with E-state index in [1.54, 1.807) is 36.9 Å². The van der Waals surface area contributed by atoms with Gasteiger partial charge in [0, 0.05) is 25.5 Å². The van der Waals surface area contributed by atoms with Crippen LogP contribution in [-0.2, 0) is 15.7 Å². The first-order valence-corrected chi connectivity index (χ1v) is 13.1. The van der Waals surface area contributed by atoms with Crippen molar-refractivity contribution in [3.63, 3.8) is 0 Å². The highest BCUT2D eigenvalue weighted by molar-refractivity contribution is 7.86. The second-order valence-electron chi connectivity index (χ2n) is 7.91. The van der Waals surface area contributed by atoms with Crippen molar-refractivity contribution in [3.8, 4) is 16.2 Å². The quantitative estimate of drug-likeness (QED) is 0.417. The van der Waals surface area contributed by atoms with E-state index >= 15 is 0 Å². The minimum atomic E-state index is -1.60. The normalized spacial score (nSPS) is 16.2. The third-order valence-electron chi connectivity index (χ3n) is 5.72. The fraction of sp³-hybridized carbons (Fsp3) is 0.391. The van der Waals surface area contributed by atoms with E-state index in [4.69, 9.17) is 26.1 Å². The van der Waals surface area contributed by atoms with Gasteiger partial charge in [-0.2, -0.15) is 0 Å². The third-order valence-corrected chi connectivity index (χ3v) is 8.31. The SMILES string of the molecule is COc1ccc(-c2sc(NC(C)C3CCOCC3)nc2C)cc1S(=O)Nc1cnccc1Cl. The lowest BCUT2D eigenvalue weighted by atomic mass is 9.93. The maximum Gasteiger partial charge on any atom is 0.183 e. The summed E-state index contributed by atoms with van der Waals surface area (Å²) in [4.78, 5) is 10.3. The van der Waals surface area contributed by atoms with Crippen molar-refractivity contribution in [1.29, 1.82) is 0 Å². The Morgan fingerprint density at radius 1 is 1.30 bits per heavy atom. The van der Waals surface area contributed by atoms with Gasteiger partial charge in [-0.05, 0) is 62.4 Å². The molecular weight excluding hydrogens is 480 g/mol. The van der Waals surface area contributed by atoms with Crippen LogP contribution in [0, 0.1) is 12.8 Å². The summed E-state index contributed by atoms with van der Waals surface area (Å²) in [7, 11) is -0.0352. The van der Waals surface area contributed by atoms with Crippen LogP contribution in [0.25, 0.3) is 10.4 Å². The van der Waals surface area contributed by atoms with E-state index in [-0.39, 0.29) is 0 Å². The molecule has 1 saturated heterocycles. The predicted octanol–water partition coefficient (Wildman–Crippen LogP) is 5.54. The highest BCUT2D eigenvalue weighted by Crippen LogP contribution is 2.37. The van der Waals surface area contributed by atoms with Gasteiger partial charge < -0.3 is 14.8 Å². The van der Waals surface area contributed by atoms with Crippen LogP contribution in [0.15, 0.2) is 41.6 Å². The van der Waals surface area contributed by atoms with Gasteiger partial charge in [0.2, 0.25) is 0 Å². The molecule has 1 fully saturated rings. The Kier molecular flexibility index (Phi) is 7.85. The molecule has 2 unspecified atom stereocenters. The summed E-state index contributed by atoms with van der Waals surface area (Å²) in [6, 6.07) is 7.62. The van der Waals surface area contributed by atoms with Gasteiger partial charge in [-0.25, -0.2) is 9.19 Å². The zero-order valence-corrected chi connectivity index (χ0v) is 21.1. The lowest BCUT2D eigenvalue weighted by molar-refractivity contribution is 0.0622. The molecule has 33 heavy (non-hydrogen) atoms. The van der Waals surface area contributed by atoms with E-state index in [2.05, 4.69) is 21.9 Å². The summed E-state index contributed by atoms with van der Waals surface area (Å²) >= 11 is 7.79. The van der Waals surface area contributed by atoms with E-state index < -0.39 is 11.0 Å². The largest absolute Gasteiger partial charge is 0.495 e. The summed E-state index contributed by atoms with van der Waals surface area (Å²) in [5, 5.41) is 4.91. The number of anilines is 2. The Morgan fingerprint density at radius 3 is 2.82 bits per heavy atom. The molecule has 3 heterocycles. The first-order chi connectivity index (χ1) is 16.0. The maximum absolute atomic E-state index is 13.1. The number of hydrogen-bond donors (Lipinski definition) is 2. The number of nitrogens with one attached hydrogen (secondary N) is 2. The van der Waals surface area contributed by atoms with Crippen molar-refractivity contribution in [1.82, 2.24) is 9.97 Å². The Balaban J connectivity index is 1.57. The van der Waals surface area contributed by atoms with Gasteiger partial charge >= 0.3 is 0 Å². The van der Waals surface area contributed by atoms with Crippen LogP contribution < -0.4 is 14.8 Å². The molecule has 4 rings (SSSR count). The fourth-order valence-electron chi connectivity index (χ4n) is 3.82. The lowest BCUT2D eigenvalue weighted by Gasteiger charge is -2.28. The standard InChI is InChI=1S/C23H27ClN4O3S2/c1-14(16-7-10-31-11-8-16)26-23-27-15(2)22(32-23)17-4-5-20(30-3)21(12-17)33(29)28-19-13-25-9-6-18(19)24/h4-6,9,12-14,16,28H,7-8,10-11H2,1-3H3,(H,26,27). The van der Waals surface area contributed by atoms with Gasteiger partial charge in [0.25, 0.3) is 0 Å². The summed E-state index contributed by atoms with van der Waals surface area (Å²) in [5.41, 5.74) is 2.35. The number of nitrogens with zero attached hydrogens (tertiary/aromatic N) is 2. The number of pyridine rings is 1. The molecule has 10 heteroatoms. The molecule has 3 aromatic rings. The average Bonchev–Trinajstić information content (AvgIpc) is 3.20. The van der Waals surface area contributed by atoms with Gasteiger partial charge in [0.1, 0.15) is 10.6 Å². The van der Waals surface area contributed by atoms with E-state index in [9.17, 15) is 4.21 Å². The molecule has 0 spiro atoms. The van der Waals surface area contributed by atoms with Crippen molar-refractivity contribution in [2.24, 2.45) is 5.92 Å². The third kappa shape index (κ3) is 5.66. The highest BCUT2D eigenvalue weighted by Gasteiger charge is 2.22. The minimum Gasteiger partial charge on any atom is -0.495 e. The summed E-state index contributed by atoms with van der Waals surface area (Å²) < 4.78 is 27.0. The minimum absolute atomic E-state index is 0.319. The van der Waals surface area contributed by atoms with Gasteiger partial charge in [0.05, 0.1) is 34.6 Å². The van der Waals surface area contributed by atoms with Crippen LogP contribution in [0.4, 0.5) is 10.8 Å². The van der Waals surface area contributed by atoms with Crippen molar-refractivity contribution < 1.29 is 13.7 Å². The summed E-state index contributed by atoms with van der Waals surface area (Å²) in [5.74, 6) is 1.10. The molecule has 0 radical (unpaired) electrons. The van der Waals surface area contributed by atoms with Crippen LogP contribution in [-0.4, -0.2) is 40.5 Å². The first-order valence-electron chi connectivity index (χ1n) is 10.7. The zero-order chi connectivity index (χ0) is 23.4. The van der Waals surface area contributed by atoms with E-state index in [1.807, 2.05) is 25.1 Å². The number of aromatic nitrogens is 2. The van der Waals surface area contributed by atoms with Crippen molar-refractivity contribution in [3.05, 3.63) is 47.4 Å². The Hall–Kier alpha value is -2.20. The molecule has 0 bridgehead atoms. The number of benzene rings is 1. The molecule has 0 saturated carbocycles. The topological polar surface area (TPSA) is 85.4 Å². The molecule has 2 aromatic heterocycles. The van der Waals surface area contributed by atoms with Crippen LogP contribution in [0.5, 0.6) is 5.75 Å². The van der Waals surface area contributed by atoms with Gasteiger partial charge in [-0.3, -0.25) is 9.71 Å². The van der Waals surface area contributed by atoms with Crippen LogP contribution in [0.2, 0.25) is 5.02 Å². The molecule has 2 atom stereocenters. The zero-order valence-electron chi connectivity index (χ0n) is 18.8. The number of methoxy groups -OCH3 is 1. The Morgan fingerprint density at radius 2 is 2.09 bits per heavy atom. The number of halogens is 1. The molecule has 176 valence electrons. The average molecular weight is 507 g/mol. The summed E-state index contributed by atoms with van der Waals surface area (Å²) in [6.07, 6.45) is 5.25. The van der Waals surface area contributed by atoms with E-state index in [0.717, 1.165) is 47.3 Å². The van der Waals surface area contributed by atoms with Crippen molar-refractivity contribution >= 4 is 44.7 Å². The molecule has 7 nitrogen and oxygen atoms in total. The van der Waals surface area contributed by atoms with Gasteiger partial charge in [-0.15, -0.1) is 0 Å². The van der Waals surface area contributed by atoms with Crippen LogP contribution >= 0.6 is 22.9 Å². The Bertz CT molecular complexity index is 1130. The highest BCUT2D eigenvalue weighted by atomic mass is 35.5. The first kappa shape index (κ1) is 23.9. The molecule has 1 aliphatic rings. The molecule has 0 aliphatic carbocycles. The van der Waals surface area contributed by atoms with E-state index in [1.165, 1.54) is 0 Å². The van der Waals surface area contributed by atoms with Crippen molar-refractivity contribution in [2.75, 3.05) is 30.4 Å². The Labute approximate surface area is 205 Å². The fourth-order valence-corrected chi connectivity index (χ4v) is 6.13. The number of ether oxygens (including phenoxy) is 2. The second kappa shape index (κ2) is 10.8. The van der Waals surface area contributed by atoms with Crippen molar-refractivity contribution in [2.45, 2.75) is 37.6 Å². The lowest BCUT2D eigenvalue weighted by Crippen LogP contribution is -2.30. The monoisotopic (exact) mass is 506 g/mol. The predicted molar refractivity (Wildman–Crippen MR) is 135 cm³/mol. The molecule has 2 N–H and O–H groups in total. The van der Waals surface area contributed by atoms with Gasteiger partial charge in [-0.1, -0.05) is 22.9 Å². The summed E-state index contributed by atoms with van der Waals surface area (Å²) in [6.45, 7) is 5.84. The molecule has 1 aromatic carbocycles. The number of rotatable bonds is 8.